The minimum atomic E-state index is -3.39. The van der Waals surface area contributed by atoms with Crippen LogP contribution in [0.1, 0.15) is 12.8 Å². The Bertz CT molecular complexity index is 817. The van der Waals surface area contributed by atoms with E-state index in [9.17, 15) is 13.2 Å². The van der Waals surface area contributed by atoms with Crippen molar-refractivity contribution in [3.8, 4) is 11.3 Å². The maximum absolute atomic E-state index is 12.5. The molecular weight excluding hydrogens is 310 g/mol. The molecule has 3 rings (SSSR count). The van der Waals surface area contributed by atoms with Crippen molar-refractivity contribution in [1.29, 1.82) is 0 Å². The number of aryl methyl sites for hydroxylation is 1. The topological polar surface area (TPSA) is 72.3 Å². The SMILES string of the molecule is Cn1nc(-c2csc(S(=O)(=O)N3CCCC3)c2)ccc1=O. The van der Waals surface area contributed by atoms with Crippen LogP contribution in [0, 0.1) is 0 Å². The third-order valence-corrected chi connectivity index (χ3v) is 6.80. The normalized spacial score (nSPS) is 16.4. The number of thiophene rings is 1. The van der Waals surface area contributed by atoms with E-state index in [-0.39, 0.29) is 5.56 Å². The Hall–Kier alpha value is -1.51. The molecule has 0 aliphatic carbocycles. The Labute approximate surface area is 126 Å². The van der Waals surface area contributed by atoms with Gasteiger partial charge in [0.25, 0.3) is 15.6 Å². The second-order valence-corrected chi connectivity index (χ2v) is 8.02. The van der Waals surface area contributed by atoms with Crippen LogP contribution in [0.15, 0.2) is 32.6 Å². The first-order chi connectivity index (χ1) is 9.98. The van der Waals surface area contributed by atoms with Gasteiger partial charge in [0.05, 0.1) is 5.69 Å². The van der Waals surface area contributed by atoms with Crippen molar-refractivity contribution in [1.82, 2.24) is 14.1 Å². The lowest BCUT2D eigenvalue weighted by molar-refractivity contribution is 0.479. The molecule has 3 heterocycles. The summed E-state index contributed by atoms with van der Waals surface area (Å²) in [6, 6.07) is 4.66. The lowest BCUT2D eigenvalue weighted by Gasteiger charge is -2.13. The zero-order chi connectivity index (χ0) is 15.0. The Balaban J connectivity index is 1.96. The van der Waals surface area contributed by atoms with Gasteiger partial charge in [-0.1, -0.05) is 0 Å². The molecule has 0 radical (unpaired) electrons. The Kier molecular flexibility index (Phi) is 3.68. The van der Waals surface area contributed by atoms with Gasteiger partial charge in [-0.25, -0.2) is 13.1 Å². The summed E-state index contributed by atoms with van der Waals surface area (Å²) in [5.74, 6) is 0. The predicted octanol–water partition coefficient (Wildman–Crippen LogP) is 1.29. The first kappa shape index (κ1) is 14.4. The molecule has 2 aromatic heterocycles. The molecule has 112 valence electrons. The van der Waals surface area contributed by atoms with Gasteiger partial charge < -0.3 is 0 Å². The number of hydrogen-bond donors (Lipinski definition) is 0. The molecule has 0 amide bonds. The van der Waals surface area contributed by atoms with Crippen LogP contribution in [0.5, 0.6) is 0 Å². The molecule has 21 heavy (non-hydrogen) atoms. The second-order valence-electron chi connectivity index (χ2n) is 4.95. The van der Waals surface area contributed by atoms with E-state index in [0.29, 0.717) is 28.6 Å². The highest BCUT2D eigenvalue weighted by Gasteiger charge is 2.28. The molecule has 2 aromatic rings. The van der Waals surface area contributed by atoms with Crippen molar-refractivity contribution in [2.75, 3.05) is 13.1 Å². The average Bonchev–Trinajstić information content (AvgIpc) is 3.13. The van der Waals surface area contributed by atoms with E-state index in [1.54, 1.807) is 24.6 Å². The molecule has 1 saturated heterocycles. The molecule has 0 atom stereocenters. The average molecular weight is 325 g/mol. The molecule has 1 aliphatic heterocycles. The van der Waals surface area contributed by atoms with Gasteiger partial charge in [0, 0.05) is 37.1 Å². The van der Waals surface area contributed by atoms with Crippen molar-refractivity contribution < 1.29 is 8.42 Å². The van der Waals surface area contributed by atoms with Crippen LogP contribution >= 0.6 is 11.3 Å². The Morgan fingerprint density at radius 3 is 2.62 bits per heavy atom. The van der Waals surface area contributed by atoms with Crippen molar-refractivity contribution in [2.24, 2.45) is 7.05 Å². The van der Waals surface area contributed by atoms with E-state index in [1.807, 2.05) is 0 Å². The van der Waals surface area contributed by atoms with E-state index < -0.39 is 10.0 Å². The van der Waals surface area contributed by atoms with Gasteiger partial charge in [-0.2, -0.15) is 9.40 Å². The van der Waals surface area contributed by atoms with Crippen LogP contribution in [0.3, 0.4) is 0 Å². The summed E-state index contributed by atoms with van der Waals surface area (Å²) in [6.45, 7) is 1.18. The molecule has 8 heteroatoms. The van der Waals surface area contributed by atoms with Crippen LogP contribution < -0.4 is 5.56 Å². The van der Waals surface area contributed by atoms with Crippen molar-refractivity contribution in [3.05, 3.63) is 33.9 Å². The minimum Gasteiger partial charge on any atom is -0.268 e. The third kappa shape index (κ3) is 2.66. The zero-order valence-electron chi connectivity index (χ0n) is 11.5. The van der Waals surface area contributed by atoms with Gasteiger partial charge in [0.15, 0.2) is 0 Å². The molecule has 6 nitrogen and oxygen atoms in total. The smallest absolute Gasteiger partial charge is 0.266 e. The minimum absolute atomic E-state index is 0.195. The Morgan fingerprint density at radius 2 is 1.95 bits per heavy atom. The van der Waals surface area contributed by atoms with E-state index >= 15 is 0 Å². The van der Waals surface area contributed by atoms with Gasteiger partial charge in [0.2, 0.25) is 0 Å². The standard InChI is InChI=1S/C13H15N3O3S2/c1-15-12(17)5-4-11(14-15)10-8-13(20-9-10)21(18,19)16-6-2-3-7-16/h4-5,8-9H,2-3,6-7H2,1H3. The maximum Gasteiger partial charge on any atom is 0.266 e. The molecule has 0 saturated carbocycles. The zero-order valence-corrected chi connectivity index (χ0v) is 13.2. The summed E-state index contributed by atoms with van der Waals surface area (Å²) >= 11 is 1.19. The number of nitrogens with zero attached hydrogens (tertiary/aromatic N) is 3. The van der Waals surface area contributed by atoms with E-state index in [1.165, 1.54) is 26.4 Å². The molecular formula is C13H15N3O3S2. The van der Waals surface area contributed by atoms with Crippen LogP contribution in [-0.2, 0) is 17.1 Å². The number of rotatable bonds is 3. The third-order valence-electron chi connectivity index (χ3n) is 3.49. The molecule has 0 unspecified atom stereocenters. The molecule has 0 N–H and O–H groups in total. The number of hydrogen-bond acceptors (Lipinski definition) is 5. The predicted molar refractivity (Wildman–Crippen MR) is 80.8 cm³/mol. The van der Waals surface area contributed by atoms with Gasteiger partial charge in [-0.05, 0) is 25.0 Å². The molecule has 0 aromatic carbocycles. The maximum atomic E-state index is 12.5. The molecule has 1 aliphatic rings. The number of sulfonamides is 1. The highest BCUT2D eigenvalue weighted by molar-refractivity contribution is 7.91. The van der Waals surface area contributed by atoms with Crippen LogP contribution in [0.25, 0.3) is 11.3 Å². The summed E-state index contributed by atoms with van der Waals surface area (Å²) < 4.78 is 28.0. The fourth-order valence-electron chi connectivity index (χ4n) is 2.30. The molecule has 0 bridgehead atoms. The van der Waals surface area contributed by atoms with Crippen molar-refractivity contribution >= 4 is 21.4 Å². The summed E-state index contributed by atoms with van der Waals surface area (Å²) in [4.78, 5) is 11.3. The van der Waals surface area contributed by atoms with E-state index in [2.05, 4.69) is 5.10 Å². The van der Waals surface area contributed by atoms with Crippen LogP contribution in [-0.4, -0.2) is 35.6 Å². The van der Waals surface area contributed by atoms with Gasteiger partial charge in [-0.15, -0.1) is 11.3 Å². The monoisotopic (exact) mass is 325 g/mol. The highest BCUT2D eigenvalue weighted by Crippen LogP contribution is 2.30. The molecule has 0 spiro atoms. The van der Waals surface area contributed by atoms with Crippen molar-refractivity contribution in [2.45, 2.75) is 17.1 Å². The lowest BCUT2D eigenvalue weighted by atomic mass is 10.2. The number of aromatic nitrogens is 2. The van der Waals surface area contributed by atoms with Crippen molar-refractivity contribution in [3.63, 3.8) is 0 Å². The summed E-state index contributed by atoms with van der Waals surface area (Å²) in [5, 5.41) is 5.90. The largest absolute Gasteiger partial charge is 0.268 e. The van der Waals surface area contributed by atoms with Gasteiger partial charge in [0.1, 0.15) is 4.21 Å². The second kappa shape index (κ2) is 5.36. The van der Waals surface area contributed by atoms with Crippen LogP contribution in [0.2, 0.25) is 0 Å². The fraction of sp³-hybridized carbons (Fsp3) is 0.385. The summed E-state index contributed by atoms with van der Waals surface area (Å²) in [7, 11) is -1.82. The van der Waals surface area contributed by atoms with E-state index in [0.717, 1.165) is 12.8 Å². The molecule has 1 fully saturated rings. The van der Waals surface area contributed by atoms with E-state index in [4.69, 9.17) is 0 Å². The first-order valence-electron chi connectivity index (χ1n) is 6.62. The summed E-state index contributed by atoms with van der Waals surface area (Å²) in [5.41, 5.74) is 1.11. The summed E-state index contributed by atoms with van der Waals surface area (Å²) in [6.07, 6.45) is 1.83. The highest BCUT2D eigenvalue weighted by atomic mass is 32.2. The first-order valence-corrected chi connectivity index (χ1v) is 8.94. The Morgan fingerprint density at radius 1 is 1.24 bits per heavy atom. The van der Waals surface area contributed by atoms with Crippen LogP contribution in [0.4, 0.5) is 0 Å². The fourth-order valence-corrected chi connectivity index (χ4v) is 5.14. The van der Waals surface area contributed by atoms with Gasteiger partial charge in [-0.3, -0.25) is 4.79 Å². The lowest BCUT2D eigenvalue weighted by Crippen LogP contribution is -2.27. The van der Waals surface area contributed by atoms with Gasteiger partial charge >= 0.3 is 0 Å². The quantitative estimate of drug-likeness (QED) is 0.852.